The van der Waals surface area contributed by atoms with E-state index in [1.165, 1.54) is 18.6 Å². The lowest BCUT2D eigenvalue weighted by Gasteiger charge is -2.27. The fourth-order valence-electron chi connectivity index (χ4n) is 2.91. The molecule has 1 aromatic carbocycles. The molecule has 1 aromatic rings. The van der Waals surface area contributed by atoms with Crippen LogP contribution in [0, 0.1) is 10.1 Å². The number of nitrogens with zero attached hydrogens (tertiary/aromatic N) is 2. The second-order valence-corrected chi connectivity index (χ2v) is 7.12. The monoisotopic (exact) mass is 319 g/mol. The maximum absolute atomic E-state index is 12.3. The summed E-state index contributed by atoms with van der Waals surface area (Å²) in [5, 5.41) is 13.9. The van der Waals surface area contributed by atoms with Gasteiger partial charge in [0, 0.05) is 12.1 Å². The minimum absolute atomic E-state index is 0.00808. The minimum Gasteiger partial charge on any atom is -0.324 e. The summed E-state index contributed by atoms with van der Waals surface area (Å²) in [6.45, 7) is 8.28. The molecule has 0 bridgehead atoms. The lowest BCUT2D eigenvalue weighted by molar-refractivity contribution is -0.384. The van der Waals surface area contributed by atoms with Crippen LogP contribution in [-0.2, 0) is 10.2 Å². The van der Waals surface area contributed by atoms with E-state index in [2.05, 4.69) is 10.2 Å². The van der Waals surface area contributed by atoms with Gasteiger partial charge in [-0.05, 0) is 43.0 Å². The van der Waals surface area contributed by atoms with Crippen molar-refractivity contribution >= 4 is 17.3 Å². The fraction of sp³-hybridized carbons (Fsp3) is 0.588. The highest BCUT2D eigenvalue weighted by atomic mass is 16.6. The molecule has 0 saturated carbocycles. The Labute approximate surface area is 137 Å². The number of benzene rings is 1. The number of carbonyl (C=O) groups is 1. The van der Waals surface area contributed by atoms with Crippen LogP contribution in [0.4, 0.5) is 11.4 Å². The van der Waals surface area contributed by atoms with Crippen molar-refractivity contribution in [2.45, 2.75) is 45.4 Å². The van der Waals surface area contributed by atoms with Crippen LogP contribution in [0.15, 0.2) is 18.2 Å². The molecule has 6 heteroatoms. The van der Waals surface area contributed by atoms with E-state index in [1.807, 2.05) is 20.8 Å². The van der Waals surface area contributed by atoms with Crippen LogP contribution < -0.4 is 5.32 Å². The average Bonchev–Trinajstić information content (AvgIpc) is 2.46. The van der Waals surface area contributed by atoms with Gasteiger partial charge in [-0.2, -0.15) is 0 Å². The smallest absolute Gasteiger partial charge is 0.271 e. The molecule has 0 atom stereocenters. The van der Waals surface area contributed by atoms with E-state index in [1.54, 1.807) is 6.07 Å². The first kappa shape index (κ1) is 17.4. The zero-order chi connectivity index (χ0) is 17.0. The van der Waals surface area contributed by atoms with E-state index in [9.17, 15) is 14.9 Å². The lowest BCUT2D eigenvalue weighted by atomic mass is 9.85. The largest absolute Gasteiger partial charge is 0.324 e. The molecular weight excluding hydrogens is 294 g/mol. The average molecular weight is 319 g/mol. The van der Waals surface area contributed by atoms with Crippen LogP contribution in [0.2, 0.25) is 0 Å². The second kappa shape index (κ2) is 7.08. The quantitative estimate of drug-likeness (QED) is 0.682. The zero-order valence-electron chi connectivity index (χ0n) is 14.1. The SMILES string of the molecule is CC(C)(C)c1ccc([N+](=O)[O-])cc1NC(=O)CN1CCCCC1. The highest BCUT2D eigenvalue weighted by Crippen LogP contribution is 2.32. The summed E-state index contributed by atoms with van der Waals surface area (Å²) in [5.74, 6) is -0.113. The van der Waals surface area contributed by atoms with Crippen molar-refractivity contribution in [3.05, 3.63) is 33.9 Å². The molecule has 6 nitrogen and oxygen atoms in total. The number of hydrogen-bond acceptors (Lipinski definition) is 4. The van der Waals surface area contributed by atoms with Crippen molar-refractivity contribution in [2.24, 2.45) is 0 Å². The van der Waals surface area contributed by atoms with Crippen molar-refractivity contribution in [2.75, 3.05) is 25.0 Å². The molecule has 0 radical (unpaired) electrons. The van der Waals surface area contributed by atoms with Gasteiger partial charge in [-0.25, -0.2) is 0 Å². The summed E-state index contributed by atoms with van der Waals surface area (Å²) >= 11 is 0. The van der Waals surface area contributed by atoms with Crippen LogP contribution in [0.3, 0.4) is 0 Å². The Bertz CT molecular complexity index is 587. The summed E-state index contributed by atoms with van der Waals surface area (Å²) < 4.78 is 0. The number of carbonyl (C=O) groups excluding carboxylic acids is 1. The molecule has 0 aliphatic carbocycles. The van der Waals surface area contributed by atoms with Crippen LogP contribution in [0.25, 0.3) is 0 Å². The molecule has 126 valence electrons. The Morgan fingerprint density at radius 3 is 2.48 bits per heavy atom. The van der Waals surface area contributed by atoms with Gasteiger partial charge in [0.05, 0.1) is 17.2 Å². The summed E-state index contributed by atoms with van der Waals surface area (Å²) in [4.78, 5) is 25.0. The minimum atomic E-state index is -0.438. The van der Waals surface area contributed by atoms with Crippen LogP contribution in [0.1, 0.15) is 45.6 Å². The van der Waals surface area contributed by atoms with Crippen molar-refractivity contribution < 1.29 is 9.72 Å². The molecule has 2 rings (SSSR count). The number of nitro benzene ring substituents is 1. The summed E-state index contributed by atoms with van der Waals surface area (Å²) in [7, 11) is 0. The fourth-order valence-corrected chi connectivity index (χ4v) is 2.91. The number of non-ortho nitro benzene ring substituents is 1. The van der Waals surface area contributed by atoms with E-state index < -0.39 is 4.92 Å². The Morgan fingerprint density at radius 1 is 1.26 bits per heavy atom. The lowest BCUT2D eigenvalue weighted by Crippen LogP contribution is -2.37. The van der Waals surface area contributed by atoms with E-state index >= 15 is 0 Å². The summed E-state index contributed by atoms with van der Waals surface area (Å²) in [6, 6.07) is 4.67. The Hall–Kier alpha value is -1.95. The number of nitrogens with one attached hydrogen (secondary N) is 1. The molecule has 1 aliphatic heterocycles. The van der Waals surface area contributed by atoms with Gasteiger partial charge in [0.2, 0.25) is 5.91 Å². The molecule has 0 aromatic heterocycles. The van der Waals surface area contributed by atoms with Crippen molar-refractivity contribution in [1.29, 1.82) is 0 Å². The molecule has 23 heavy (non-hydrogen) atoms. The third-order valence-corrected chi connectivity index (χ3v) is 4.11. The van der Waals surface area contributed by atoms with Gasteiger partial charge in [-0.3, -0.25) is 19.8 Å². The first-order valence-electron chi connectivity index (χ1n) is 8.08. The summed E-state index contributed by atoms with van der Waals surface area (Å²) in [6.07, 6.45) is 3.46. The molecule has 0 spiro atoms. The van der Waals surface area contributed by atoms with E-state index in [4.69, 9.17) is 0 Å². The Kier molecular flexibility index (Phi) is 5.36. The van der Waals surface area contributed by atoms with Gasteiger partial charge in [-0.1, -0.05) is 27.2 Å². The molecule has 1 amide bonds. The topological polar surface area (TPSA) is 75.5 Å². The van der Waals surface area contributed by atoms with Gasteiger partial charge in [0.1, 0.15) is 0 Å². The second-order valence-electron chi connectivity index (χ2n) is 7.12. The number of rotatable bonds is 4. The van der Waals surface area contributed by atoms with Crippen molar-refractivity contribution in [3.8, 4) is 0 Å². The van der Waals surface area contributed by atoms with E-state index in [0.29, 0.717) is 12.2 Å². The third-order valence-electron chi connectivity index (χ3n) is 4.11. The van der Waals surface area contributed by atoms with Gasteiger partial charge in [-0.15, -0.1) is 0 Å². The van der Waals surface area contributed by atoms with Crippen LogP contribution >= 0.6 is 0 Å². The highest BCUT2D eigenvalue weighted by Gasteiger charge is 2.22. The van der Waals surface area contributed by atoms with E-state index in [-0.39, 0.29) is 17.0 Å². The molecule has 1 N–H and O–H groups in total. The van der Waals surface area contributed by atoms with Crippen LogP contribution in [0.5, 0.6) is 0 Å². The first-order valence-corrected chi connectivity index (χ1v) is 8.08. The highest BCUT2D eigenvalue weighted by molar-refractivity contribution is 5.93. The number of nitro groups is 1. The summed E-state index contributed by atoms with van der Waals surface area (Å²) in [5.41, 5.74) is 1.22. The number of amides is 1. The Morgan fingerprint density at radius 2 is 1.91 bits per heavy atom. The van der Waals surface area contributed by atoms with Gasteiger partial charge >= 0.3 is 0 Å². The van der Waals surface area contributed by atoms with Crippen molar-refractivity contribution in [3.63, 3.8) is 0 Å². The number of piperidine rings is 1. The number of likely N-dealkylation sites (tertiary alicyclic amines) is 1. The predicted molar refractivity (Wildman–Crippen MR) is 90.7 cm³/mol. The molecule has 1 heterocycles. The molecular formula is C17H25N3O3. The number of anilines is 1. The standard InChI is InChI=1S/C17H25N3O3/c1-17(2,3)14-8-7-13(20(22)23)11-15(14)18-16(21)12-19-9-5-4-6-10-19/h7-8,11H,4-6,9-10,12H2,1-3H3,(H,18,21). The van der Waals surface area contributed by atoms with Gasteiger partial charge in [0.25, 0.3) is 5.69 Å². The van der Waals surface area contributed by atoms with E-state index in [0.717, 1.165) is 31.5 Å². The van der Waals surface area contributed by atoms with Crippen LogP contribution in [-0.4, -0.2) is 35.4 Å². The third kappa shape index (κ3) is 4.76. The van der Waals surface area contributed by atoms with Gasteiger partial charge in [0.15, 0.2) is 0 Å². The predicted octanol–water partition coefficient (Wildman–Crippen LogP) is 3.32. The maximum atomic E-state index is 12.3. The van der Waals surface area contributed by atoms with Crippen molar-refractivity contribution in [1.82, 2.24) is 4.90 Å². The maximum Gasteiger partial charge on any atom is 0.271 e. The molecule has 0 unspecified atom stereocenters. The first-order chi connectivity index (χ1) is 10.8. The van der Waals surface area contributed by atoms with Gasteiger partial charge < -0.3 is 5.32 Å². The Balaban J connectivity index is 2.17. The molecule has 1 fully saturated rings. The number of hydrogen-bond donors (Lipinski definition) is 1. The molecule has 1 saturated heterocycles. The normalized spacial score (nSPS) is 16.1. The zero-order valence-corrected chi connectivity index (χ0v) is 14.1. The molecule has 1 aliphatic rings.